The van der Waals surface area contributed by atoms with Crippen molar-refractivity contribution < 1.29 is 0 Å². The topological polar surface area (TPSA) is 78.1 Å². The van der Waals surface area contributed by atoms with E-state index in [-0.39, 0.29) is 0 Å². The second-order valence-electron chi connectivity index (χ2n) is 1.71. The van der Waals surface area contributed by atoms with E-state index < -0.39 is 5.79 Å². The molecule has 0 rings (SSSR count). The third kappa shape index (κ3) is 2.33. The van der Waals surface area contributed by atoms with E-state index in [4.69, 9.17) is 17.2 Å². The van der Waals surface area contributed by atoms with E-state index in [1.165, 1.54) is 0 Å². The van der Waals surface area contributed by atoms with Crippen LogP contribution in [0.3, 0.4) is 0 Å². The van der Waals surface area contributed by atoms with Gasteiger partial charge in [-0.15, -0.1) is 0 Å². The minimum Gasteiger partial charge on any atom is -0.298 e. The smallest absolute Gasteiger partial charge is 0.138 e. The van der Waals surface area contributed by atoms with Crippen molar-refractivity contribution in [2.75, 3.05) is 0 Å². The second kappa shape index (κ2) is 1.61. The Labute approximate surface area is 43.2 Å². The molecule has 0 amide bonds. The second-order valence-corrected chi connectivity index (χ2v) is 1.71. The SMILES string of the molecule is C=C(C)C(N)(N)N. The lowest BCUT2D eigenvalue weighted by atomic mass is 10.2. The van der Waals surface area contributed by atoms with Gasteiger partial charge in [0.1, 0.15) is 5.79 Å². The van der Waals surface area contributed by atoms with Gasteiger partial charge in [-0.2, -0.15) is 0 Å². The zero-order valence-electron chi connectivity index (χ0n) is 4.44. The molecule has 0 aliphatic carbocycles. The van der Waals surface area contributed by atoms with Gasteiger partial charge in [0.25, 0.3) is 0 Å². The van der Waals surface area contributed by atoms with Crippen molar-refractivity contribution in [3.63, 3.8) is 0 Å². The number of nitrogens with two attached hydrogens (primary N) is 3. The molecule has 0 aromatic carbocycles. The summed E-state index contributed by atoms with van der Waals surface area (Å²) in [6, 6.07) is 0. The first-order chi connectivity index (χ1) is 2.94. The van der Waals surface area contributed by atoms with E-state index in [9.17, 15) is 0 Å². The molecule has 0 atom stereocenters. The van der Waals surface area contributed by atoms with E-state index in [2.05, 4.69) is 6.58 Å². The molecular weight excluding hydrogens is 90.1 g/mol. The van der Waals surface area contributed by atoms with E-state index in [0.29, 0.717) is 5.57 Å². The maximum atomic E-state index is 5.13. The molecule has 0 spiro atoms. The summed E-state index contributed by atoms with van der Waals surface area (Å²) in [5.74, 6) is -1.19. The summed E-state index contributed by atoms with van der Waals surface area (Å²) >= 11 is 0. The fourth-order valence-electron chi connectivity index (χ4n) is 0. The van der Waals surface area contributed by atoms with Crippen LogP contribution in [-0.2, 0) is 0 Å². The Morgan fingerprint density at radius 2 is 1.57 bits per heavy atom. The Morgan fingerprint density at radius 3 is 1.57 bits per heavy atom. The van der Waals surface area contributed by atoms with Gasteiger partial charge in [0.2, 0.25) is 0 Å². The van der Waals surface area contributed by atoms with Gasteiger partial charge in [-0.05, 0) is 12.5 Å². The molecule has 0 unspecified atom stereocenters. The first-order valence-electron chi connectivity index (χ1n) is 1.97. The van der Waals surface area contributed by atoms with Crippen molar-refractivity contribution >= 4 is 0 Å². The molecule has 0 aromatic heterocycles. The van der Waals surface area contributed by atoms with E-state index in [1.54, 1.807) is 6.92 Å². The van der Waals surface area contributed by atoms with Gasteiger partial charge in [0.15, 0.2) is 0 Å². The van der Waals surface area contributed by atoms with Gasteiger partial charge >= 0.3 is 0 Å². The molecule has 0 heterocycles. The van der Waals surface area contributed by atoms with Crippen LogP contribution in [0.5, 0.6) is 0 Å². The summed E-state index contributed by atoms with van der Waals surface area (Å²) in [4.78, 5) is 0. The van der Waals surface area contributed by atoms with Crippen LogP contribution in [0.15, 0.2) is 12.2 Å². The minimum absolute atomic E-state index is 0.576. The van der Waals surface area contributed by atoms with Crippen LogP contribution >= 0.6 is 0 Å². The van der Waals surface area contributed by atoms with Gasteiger partial charge in [0.05, 0.1) is 0 Å². The van der Waals surface area contributed by atoms with Gasteiger partial charge in [-0.25, -0.2) is 0 Å². The summed E-state index contributed by atoms with van der Waals surface area (Å²) in [6.07, 6.45) is 0. The van der Waals surface area contributed by atoms with Crippen LogP contribution in [0.2, 0.25) is 0 Å². The van der Waals surface area contributed by atoms with Crippen molar-refractivity contribution in [3.8, 4) is 0 Å². The van der Waals surface area contributed by atoms with Crippen molar-refractivity contribution in [1.82, 2.24) is 0 Å². The highest BCUT2D eigenvalue weighted by Crippen LogP contribution is 1.92. The zero-order chi connectivity index (χ0) is 6.08. The van der Waals surface area contributed by atoms with Crippen molar-refractivity contribution in [1.29, 1.82) is 0 Å². The van der Waals surface area contributed by atoms with E-state index in [0.717, 1.165) is 0 Å². The zero-order valence-corrected chi connectivity index (χ0v) is 4.44. The average Bonchev–Trinajstić information content (AvgIpc) is 1.31. The maximum absolute atomic E-state index is 5.13. The molecule has 0 aliphatic rings. The lowest BCUT2D eigenvalue weighted by Gasteiger charge is -2.17. The lowest BCUT2D eigenvalue weighted by molar-refractivity contribution is 0.547. The highest BCUT2D eigenvalue weighted by molar-refractivity contribution is 5.05. The Balaban J connectivity index is 3.79. The number of hydrogen-bond acceptors (Lipinski definition) is 3. The Hall–Kier alpha value is -0.380. The van der Waals surface area contributed by atoms with Gasteiger partial charge in [-0.3, -0.25) is 17.2 Å². The minimum atomic E-state index is -1.19. The largest absolute Gasteiger partial charge is 0.298 e. The summed E-state index contributed by atoms with van der Waals surface area (Å²) in [5, 5.41) is 0. The van der Waals surface area contributed by atoms with E-state index in [1.807, 2.05) is 0 Å². The van der Waals surface area contributed by atoms with Crippen LogP contribution in [-0.4, -0.2) is 5.79 Å². The summed E-state index contributed by atoms with van der Waals surface area (Å²) in [7, 11) is 0. The number of rotatable bonds is 1. The molecule has 0 aliphatic heterocycles. The highest BCUT2D eigenvalue weighted by Gasteiger charge is 2.10. The molecule has 0 bridgehead atoms. The van der Waals surface area contributed by atoms with Crippen LogP contribution in [0.1, 0.15) is 6.92 Å². The first kappa shape index (κ1) is 6.62. The fraction of sp³-hybridized carbons (Fsp3) is 0.500. The molecule has 3 nitrogen and oxygen atoms in total. The number of hydrogen-bond donors (Lipinski definition) is 3. The monoisotopic (exact) mass is 101 g/mol. The molecule has 7 heavy (non-hydrogen) atoms. The summed E-state index contributed by atoms with van der Waals surface area (Å²) in [6.45, 7) is 5.13. The molecule has 0 aromatic rings. The fourth-order valence-corrected chi connectivity index (χ4v) is 0. The quantitative estimate of drug-likeness (QED) is 0.295. The summed E-state index contributed by atoms with van der Waals surface area (Å²) in [5.41, 5.74) is 16.0. The normalized spacial score (nSPS) is 11.4. The van der Waals surface area contributed by atoms with Crippen molar-refractivity contribution in [2.24, 2.45) is 17.2 Å². The van der Waals surface area contributed by atoms with Gasteiger partial charge < -0.3 is 0 Å². The molecule has 0 saturated heterocycles. The van der Waals surface area contributed by atoms with Crippen LogP contribution in [0.4, 0.5) is 0 Å². The average molecular weight is 101 g/mol. The highest BCUT2D eigenvalue weighted by atomic mass is 15.1. The molecule has 0 saturated carbocycles. The van der Waals surface area contributed by atoms with E-state index >= 15 is 0 Å². The molecule has 6 N–H and O–H groups in total. The third-order valence-electron chi connectivity index (χ3n) is 0.739. The maximum Gasteiger partial charge on any atom is 0.138 e. The Morgan fingerprint density at radius 1 is 1.43 bits per heavy atom. The molecule has 42 valence electrons. The van der Waals surface area contributed by atoms with Crippen molar-refractivity contribution in [2.45, 2.75) is 12.7 Å². The molecule has 0 radical (unpaired) electrons. The molecule has 0 fully saturated rings. The van der Waals surface area contributed by atoms with Crippen molar-refractivity contribution in [3.05, 3.63) is 12.2 Å². The van der Waals surface area contributed by atoms with Gasteiger partial charge in [-0.1, -0.05) is 6.58 Å². The lowest BCUT2D eigenvalue weighted by Crippen LogP contribution is -2.58. The van der Waals surface area contributed by atoms with Crippen LogP contribution in [0.25, 0.3) is 0 Å². The Bertz CT molecular complexity index is 79.4. The molecule has 3 heteroatoms. The predicted molar refractivity (Wildman–Crippen MR) is 30.1 cm³/mol. The van der Waals surface area contributed by atoms with Gasteiger partial charge in [0, 0.05) is 0 Å². The van der Waals surface area contributed by atoms with Crippen LogP contribution < -0.4 is 17.2 Å². The van der Waals surface area contributed by atoms with Crippen LogP contribution in [0, 0.1) is 0 Å². The first-order valence-corrected chi connectivity index (χ1v) is 1.97. The third-order valence-corrected chi connectivity index (χ3v) is 0.739. The Kier molecular flexibility index (Phi) is 1.53. The molecular formula is C4H11N3. The summed E-state index contributed by atoms with van der Waals surface area (Å²) < 4.78 is 0. The standard InChI is InChI=1S/C4H11N3/c1-3(2)4(5,6)7/h1,5-7H2,2H3. The predicted octanol–water partition coefficient (Wildman–Crippen LogP) is -0.908.